The van der Waals surface area contributed by atoms with E-state index in [1.807, 2.05) is 11.8 Å². The smallest absolute Gasteiger partial charge is 0.422 e. The molecule has 0 aromatic heterocycles. The SMILES string of the molecule is CN=C(NCc1ccc(OCC(F)(F)F)c(OC)c1)NCC1(C)CCCS1. The van der Waals surface area contributed by atoms with Crippen molar-refractivity contribution in [3.05, 3.63) is 23.8 Å². The van der Waals surface area contributed by atoms with Crippen molar-refractivity contribution in [3.63, 3.8) is 0 Å². The molecular weight excluding hydrogens is 379 g/mol. The van der Waals surface area contributed by atoms with Crippen LogP contribution in [0, 0.1) is 0 Å². The highest BCUT2D eigenvalue weighted by molar-refractivity contribution is 8.00. The topological polar surface area (TPSA) is 54.9 Å². The number of aliphatic imine (C=N–C) groups is 1. The van der Waals surface area contributed by atoms with Crippen LogP contribution in [0.4, 0.5) is 13.2 Å². The molecule has 5 nitrogen and oxygen atoms in total. The fraction of sp³-hybridized carbons (Fsp3) is 0.611. The van der Waals surface area contributed by atoms with Crippen molar-refractivity contribution in [2.24, 2.45) is 4.99 Å². The Morgan fingerprint density at radius 1 is 1.30 bits per heavy atom. The number of hydrogen-bond donors (Lipinski definition) is 2. The third-order valence-corrected chi connectivity index (χ3v) is 5.77. The zero-order valence-corrected chi connectivity index (χ0v) is 16.6. The van der Waals surface area contributed by atoms with E-state index in [9.17, 15) is 13.2 Å². The van der Waals surface area contributed by atoms with Gasteiger partial charge in [-0.25, -0.2) is 0 Å². The Morgan fingerprint density at radius 2 is 2.07 bits per heavy atom. The van der Waals surface area contributed by atoms with E-state index in [1.54, 1.807) is 19.2 Å². The number of nitrogens with zero attached hydrogens (tertiary/aromatic N) is 1. The normalized spacial score (nSPS) is 20.4. The van der Waals surface area contributed by atoms with E-state index in [0.29, 0.717) is 12.5 Å². The zero-order valence-electron chi connectivity index (χ0n) is 15.8. The molecule has 1 aromatic rings. The summed E-state index contributed by atoms with van der Waals surface area (Å²) in [5, 5.41) is 6.54. The number of guanidine groups is 1. The van der Waals surface area contributed by atoms with Gasteiger partial charge in [-0.2, -0.15) is 24.9 Å². The molecule has 1 aromatic carbocycles. The Balaban J connectivity index is 1.90. The average Bonchev–Trinajstić information content (AvgIpc) is 3.06. The molecule has 0 bridgehead atoms. The van der Waals surface area contributed by atoms with E-state index in [0.717, 1.165) is 12.1 Å². The van der Waals surface area contributed by atoms with Crippen LogP contribution in [0.1, 0.15) is 25.3 Å². The highest BCUT2D eigenvalue weighted by atomic mass is 32.2. The summed E-state index contributed by atoms with van der Waals surface area (Å²) in [5.74, 6) is 2.19. The van der Waals surface area contributed by atoms with E-state index < -0.39 is 12.8 Å². The fourth-order valence-corrected chi connectivity index (χ4v) is 4.00. The van der Waals surface area contributed by atoms with Crippen molar-refractivity contribution in [1.29, 1.82) is 0 Å². The molecule has 0 radical (unpaired) electrons. The summed E-state index contributed by atoms with van der Waals surface area (Å²) in [7, 11) is 3.10. The lowest BCUT2D eigenvalue weighted by atomic mass is 10.1. The number of hydrogen-bond acceptors (Lipinski definition) is 4. The number of alkyl halides is 3. The van der Waals surface area contributed by atoms with Gasteiger partial charge in [-0.15, -0.1) is 0 Å². The van der Waals surface area contributed by atoms with E-state index >= 15 is 0 Å². The quantitative estimate of drug-likeness (QED) is 0.536. The fourth-order valence-electron chi connectivity index (χ4n) is 2.75. The summed E-state index contributed by atoms with van der Waals surface area (Å²) >= 11 is 1.97. The first-order valence-electron chi connectivity index (χ1n) is 8.70. The molecule has 0 amide bonds. The lowest BCUT2D eigenvalue weighted by molar-refractivity contribution is -0.153. The molecule has 1 aliphatic heterocycles. The number of rotatable bonds is 7. The van der Waals surface area contributed by atoms with Gasteiger partial charge >= 0.3 is 6.18 Å². The van der Waals surface area contributed by atoms with Crippen molar-refractivity contribution in [2.75, 3.05) is 33.1 Å². The van der Waals surface area contributed by atoms with Crippen LogP contribution in [0.15, 0.2) is 23.2 Å². The van der Waals surface area contributed by atoms with Crippen molar-refractivity contribution >= 4 is 17.7 Å². The molecule has 1 unspecified atom stereocenters. The van der Waals surface area contributed by atoms with Gasteiger partial charge in [0.2, 0.25) is 0 Å². The molecule has 1 heterocycles. The first-order valence-corrected chi connectivity index (χ1v) is 9.68. The lowest BCUT2D eigenvalue weighted by Crippen LogP contribution is -2.43. The van der Waals surface area contributed by atoms with Crippen LogP contribution in [0.5, 0.6) is 11.5 Å². The largest absolute Gasteiger partial charge is 0.493 e. The third kappa shape index (κ3) is 7.04. The molecule has 9 heteroatoms. The van der Waals surface area contributed by atoms with Gasteiger partial charge in [0.05, 0.1) is 7.11 Å². The number of benzene rings is 1. The molecular formula is C18H26F3N3O2S. The number of halogens is 3. The number of thioether (sulfide) groups is 1. The second-order valence-electron chi connectivity index (χ2n) is 6.57. The molecule has 1 fully saturated rings. The van der Waals surface area contributed by atoms with Gasteiger partial charge in [0.25, 0.3) is 0 Å². The molecule has 152 valence electrons. The van der Waals surface area contributed by atoms with Gasteiger partial charge < -0.3 is 20.1 Å². The third-order valence-electron chi connectivity index (χ3n) is 4.23. The van der Waals surface area contributed by atoms with Crippen molar-refractivity contribution in [1.82, 2.24) is 10.6 Å². The van der Waals surface area contributed by atoms with E-state index in [4.69, 9.17) is 9.47 Å². The maximum atomic E-state index is 12.3. The highest BCUT2D eigenvalue weighted by Crippen LogP contribution is 2.37. The molecule has 0 saturated carbocycles. The Hall–Kier alpha value is -1.77. The molecule has 0 aliphatic carbocycles. The Labute approximate surface area is 162 Å². The molecule has 1 atom stereocenters. The van der Waals surface area contributed by atoms with Crippen LogP contribution in [-0.2, 0) is 6.54 Å². The van der Waals surface area contributed by atoms with E-state index in [2.05, 4.69) is 22.5 Å². The molecule has 2 N–H and O–H groups in total. The minimum Gasteiger partial charge on any atom is -0.493 e. The summed E-state index contributed by atoms with van der Waals surface area (Å²) < 4.78 is 47.1. The monoisotopic (exact) mass is 405 g/mol. The van der Waals surface area contributed by atoms with E-state index in [1.165, 1.54) is 31.8 Å². The lowest BCUT2D eigenvalue weighted by Gasteiger charge is -2.24. The molecule has 1 aliphatic rings. The van der Waals surface area contributed by atoms with Crippen LogP contribution >= 0.6 is 11.8 Å². The average molecular weight is 405 g/mol. The molecule has 27 heavy (non-hydrogen) atoms. The molecule has 1 saturated heterocycles. The minimum absolute atomic E-state index is 0.0623. The second-order valence-corrected chi connectivity index (χ2v) is 8.25. The number of ether oxygens (including phenoxy) is 2. The van der Waals surface area contributed by atoms with Crippen molar-refractivity contribution in [3.8, 4) is 11.5 Å². The predicted octanol–water partition coefficient (Wildman–Crippen LogP) is 3.59. The standard InChI is InChI=1S/C18H26F3N3O2S/c1-17(7-4-8-27-17)11-24-16(22-2)23-10-13-5-6-14(15(9-13)25-3)26-12-18(19,20)21/h5-6,9H,4,7-8,10-12H2,1-3H3,(H2,22,23,24). The van der Waals surface area contributed by atoms with Gasteiger partial charge in [-0.3, -0.25) is 4.99 Å². The number of methoxy groups -OCH3 is 1. The van der Waals surface area contributed by atoms with E-state index in [-0.39, 0.29) is 16.2 Å². The Bertz CT molecular complexity index is 647. The van der Waals surface area contributed by atoms with Gasteiger partial charge in [0, 0.05) is 24.9 Å². The maximum Gasteiger partial charge on any atom is 0.422 e. The summed E-state index contributed by atoms with van der Waals surface area (Å²) in [6.07, 6.45) is -1.98. The first kappa shape index (κ1) is 21.5. The second kappa shape index (κ2) is 9.43. The Kier molecular flexibility index (Phi) is 7.52. The summed E-state index contributed by atoms with van der Waals surface area (Å²) in [5.41, 5.74) is 0.843. The van der Waals surface area contributed by atoms with Crippen LogP contribution in [0.25, 0.3) is 0 Å². The first-order chi connectivity index (χ1) is 12.7. The van der Waals surface area contributed by atoms with Crippen LogP contribution in [-0.4, -0.2) is 49.9 Å². The zero-order chi connectivity index (χ0) is 19.9. The minimum atomic E-state index is -4.39. The van der Waals surface area contributed by atoms with Crippen LogP contribution in [0.2, 0.25) is 0 Å². The molecule has 0 spiro atoms. The molecule has 2 rings (SSSR count). The van der Waals surface area contributed by atoms with Gasteiger partial charge in [-0.05, 0) is 43.2 Å². The summed E-state index contributed by atoms with van der Waals surface area (Å²) in [6.45, 7) is 2.17. The summed E-state index contributed by atoms with van der Waals surface area (Å²) in [4.78, 5) is 4.22. The number of nitrogens with one attached hydrogen (secondary N) is 2. The maximum absolute atomic E-state index is 12.3. The van der Waals surface area contributed by atoms with Gasteiger partial charge in [-0.1, -0.05) is 6.07 Å². The Morgan fingerprint density at radius 3 is 2.67 bits per heavy atom. The summed E-state index contributed by atoms with van der Waals surface area (Å²) in [6, 6.07) is 4.83. The predicted molar refractivity (Wildman–Crippen MR) is 103 cm³/mol. The highest BCUT2D eigenvalue weighted by Gasteiger charge is 2.30. The van der Waals surface area contributed by atoms with Crippen LogP contribution in [0.3, 0.4) is 0 Å². The van der Waals surface area contributed by atoms with Crippen LogP contribution < -0.4 is 20.1 Å². The van der Waals surface area contributed by atoms with Crippen molar-refractivity contribution in [2.45, 2.75) is 37.2 Å². The van der Waals surface area contributed by atoms with Gasteiger partial charge in [0.1, 0.15) is 0 Å². The van der Waals surface area contributed by atoms with Crippen molar-refractivity contribution < 1.29 is 22.6 Å². The van der Waals surface area contributed by atoms with Gasteiger partial charge in [0.15, 0.2) is 24.1 Å².